The quantitative estimate of drug-likeness (QED) is 0.256. The van der Waals surface area contributed by atoms with E-state index in [1.165, 1.54) is 4.90 Å². The number of hydrogen-bond donors (Lipinski definition) is 0. The molecule has 4 aliphatic rings. The molecular formula is C27H23BrN2O5. The van der Waals surface area contributed by atoms with Crippen LogP contribution in [0.1, 0.15) is 18.4 Å². The molecule has 8 heteroatoms. The molecule has 0 spiro atoms. The Bertz CT molecular complexity index is 1270. The van der Waals surface area contributed by atoms with E-state index in [2.05, 4.69) is 28.1 Å². The van der Waals surface area contributed by atoms with Gasteiger partial charge in [-0.1, -0.05) is 28.1 Å². The molecule has 2 aromatic carbocycles. The number of anilines is 2. The zero-order chi connectivity index (χ0) is 24.4. The molecule has 3 fully saturated rings. The molecule has 2 saturated heterocycles. The number of esters is 1. The number of allylic oxidation sites excluding steroid dienone is 2. The Morgan fingerprint density at radius 3 is 2.26 bits per heavy atom. The number of carbonyl (C=O) groups excluding carboxylic acids is 4. The second-order valence-corrected chi connectivity index (χ2v) is 10.7. The summed E-state index contributed by atoms with van der Waals surface area (Å²) in [6.45, 7) is 2.05. The Morgan fingerprint density at radius 1 is 0.971 bits per heavy atom. The van der Waals surface area contributed by atoms with E-state index in [0.29, 0.717) is 17.0 Å². The molecule has 0 unspecified atom stereocenters. The molecule has 5 atom stereocenters. The van der Waals surface area contributed by atoms with Crippen molar-refractivity contribution in [2.45, 2.75) is 19.8 Å². The van der Waals surface area contributed by atoms with Gasteiger partial charge in [-0.2, -0.15) is 0 Å². The number of rotatable bonds is 4. The van der Waals surface area contributed by atoms with Crippen LogP contribution in [-0.2, 0) is 19.2 Å². The van der Waals surface area contributed by atoms with E-state index in [1.807, 2.05) is 24.3 Å². The molecule has 2 aliphatic heterocycles. The summed E-state index contributed by atoms with van der Waals surface area (Å²) in [6.07, 6.45) is 5.11. The number of fused-ring (bicyclic) bond motifs is 5. The number of amides is 3. The first-order chi connectivity index (χ1) is 16.8. The largest absolute Gasteiger partial charge is 0.426 e. The summed E-state index contributed by atoms with van der Waals surface area (Å²) in [5.41, 5.74) is 1.95. The van der Waals surface area contributed by atoms with Crippen LogP contribution in [0.4, 0.5) is 11.4 Å². The molecule has 3 amide bonds. The average Bonchev–Trinajstić information content (AvgIpc) is 3.59. The minimum absolute atomic E-state index is 0.0852. The van der Waals surface area contributed by atoms with Gasteiger partial charge in [-0.3, -0.25) is 19.2 Å². The monoisotopic (exact) mass is 534 g/mol. The van der Waals surface area contributed by atoms with Gasteiger partial charge in [0.2, 0.25) is 17.7 Å². The first-order valence-corrected chi connectivity index (χ1v) is 12.6. The predicted octanol–water partition coefficient (Wildman–Crippen LogP) is 4.03. The smallest absolute Gasteiger partial charge is 0.316 e. The predicted molar refractivity (Wildman–Crippen MR) is 132 cm³/mol. The van der Waals surface area contributed by atoms with Gasteiger partial charge in [-0.25, -0.2) is 4.90 Å². The highest BCUT2D eigenvalue weighted by Crippen LogP contribution is 2.53. The number of aryl methyl sites for hydroxylation is 1. The number of benzene rings is 2. The highest BCUT2D eigenvalue weighted by atomic mass is 79.9. The second kappa shape index (κ2) is 8.16. The van der Waals surface area contributed by atoms with Gasteiger partial charge in [0.05, 0.1) is 23.4 Å². The van der Waals surface area contributed by atoms with Gasteiger partial charge in [0, 0.05) is 23.1 Å². The van der Waals surface area contributed by atoms with Crippen molar-refractivity contribution in [3.05, 3.63) is 64.7 Å². The van der Waals surface area contributed by atoms with Crippen LogP contribution in [0.5, 0.6) is 5.75 Å². The number of halogens is 1. The van der Waals surface area contributed by atoms with Crippen LogP contribution >= 0.6 is 15.9 Å². The molecule has 178 valence electrons. The van der Waals surface area contributed by atoms with E-state index < -0.39 is 11.9 Å². The number of hydrogen-bond acceptors (Lipinski definition) is 5. The fourth-order valence-electron chi connectivity index (χ4n) is 6.02. The Labute approximate surface area is 210 Å². The van der Waals surface area contributed by atoms with Crippen molar-refractivity contribution < 1.29 is 23.9 Å². The summed E-state index contributed by atoms with van der Waals surface area (Å²) in [7, 11) is 0. The van der Waals surface area contributed by atoms with Gasteiger partial charge in [0.25, 0.3) is 0 Å². The van der Waals surface area contributed by atoms with Gasteiger partial charge in [0.15, 0.2) is 0 Å². The maximum absolute atomic E-state index is 13.1. The van der Waals surface area contributed by atoms with E-state index in [1.54, 1.807) is 30.0 Å². The lowest BCUT2D eigenvalue weighted by Gasteiger charge is -2.20. The fraction of sp³-hybridized carbons (Fsp3) is 0.333. The Balaban J connectivity index is 1.15. The van der Waals surface area contributed by atoms with E-state index in [-0.39, 0.29) is 54.4 Å². The van der Waals surface area contributed by atoms with Crippen LogP contribution in [0.15, 0.2) is 59.1 Å². The molecule has 0 N–H and O–H groups in total. The third-order valence-corrected chi connectivity index (χ3v) is 8.22. The van der Waals surface area contributed by atoms with E-state index in [9.17, 15) is 19.2 Å². The number of imide groups is 1. The molecule has 6 rings (SSSR count). The van der Waals surface area contributed by atoms with Crippen LogP contribution in [0.2, 0.25) is 0 Å². The Hall–Kier alpha value is -3.26. The van der Waals surface area contributed by atoms with Gasteiger partial charge >= 0.3 is 5.97 Å². The number of nitrogens with zero attached hydrogens (tertiary/aromatic N) is 2. The minimum atomic E-state index is -0.574. The second-order valence-electron chi connectivity index (χ2n) is 9.76. The first-order valence-electron chi connectivity index (χ1n) is 11.8. The summed E-state index contributed by atoms with van der Waals surface area (Å²) in [5, 5.41) is 0. The maximum Gasteiger partial charge on any atom is 0.316 e. The lowest BCUT2D eigenvalue weighted by Crippen LogP contribution is -2.33. The third kappa shape index (κ3) is 3.54. The SMILES string of the molecule is Cc1cc(OC(=O)[C@@H]2CC(=O)N(c3ccc(Br)cc3)C2)ccc1N1C(=O)[C@@H]2[C@@H](C1=O)[C@H]1C=C[C@H]2C1. The van der Waals surface area contributed by atoms with E-state index >= 15 is 0 Å². The lowest BCUT2D eigenvalue weighted by atomic mass is 9.85. The molecule has 0 radical (unpaired) electrons. The van der Waals surface area contributed by atoms with Gasteiger partial charge < -0.3 is 9.64 Å². The average molecular weight is 535 g/mol. The van der Waals surface area contributed by atoms with Gasteiger partial charge in [0.1, 0.15) is 5.75 Å². The van der Waals surface area contributed by atoms with Gasteiger partial charge in [-0.15, -0.1) is 0 Å². The number of carbonyl (C=O) groups is 4. The molecule has 7 nitrogen and oxygen atoms in total. The molecule has 0 aromatic heterocycles. The van der Waals surface area contributed by atoms with Crippen molar-refractivity contribution in [2.24, 2.45) is 29.6 Å². The molecule has 2 heterocycles. The Kier molecular flexibility index (Phi) is 5.18. The fourth-order valence-corrected chi connectivity index (χ4v) is 6.28. The molecule has 2 aromatic rings. The zero-order valence-corrected chi connectivity index (χ0v) is 20.6. The van der Waals surface area contributed by atoms with Crippen LogP contribution in [0.25, 0.3) is 0 Å². The van der Waals surface area contributed by atoms with Crippen molar-refractivity contribution in [1.29, 1.82) is 0 Å². The lowest BCUT2D eigenvalue weighted by molar-refractivity contribution is -0.139. The molecule has 1 saturated carbocycles. The third-order valence-electron chi connectivity index (χ3n) is 7.69. The standard InChI is InChI=1S/C27H23BrN2O5/c1-14-10-20(35-27(34)17-12-22(31)29(13-17)19-6-4-18(28)5-7-19)8-9-21(14)30-25(32)23-15-2-3-16(11-15)24(23)26(30)33/h2-10,15-17,23-24H,11-13H2,1H3/t15-,16-,17+,23-,24-/m0/s1. The molecule has 2 bridgehead atoms. The van der Waals surface area contributed by atoms with Crippen LogP contribution in [0, 0.1) is 36.5 Å². The highest BCUT2D eigenvalue weighted by Gasteiger charge is 2.59. The summed E-state index contributed by atoms with van der Waals surface area (Å²) >= 11 is 3.38. The van der Waals surface area contributed by atoms with Crippen molar-refractivity contribution >= 4 is 51.0 Å². The number of ether oxygens (including phenoxy) is 1. The minimum Gasteiger partial charge on any atom is -0.426 e. The van der Waals surface area contributed by atoms with Crippen molar-refractivity contribution in [2.75, 3.05) is 16.3 Å². The summed E-state index contributed by atoms with van der Waals surface area (Å²) in [5.74, 6) is -1.34. The molecule has 2 aliphatic carbocycles. The van der Waals surface area contributed by atoms with Crippen LogP contribution in [0.3, 0.4) is 0 Å². The summed E-state index contributed by atoms with van der Waals surface area (Å²) in [6, 6.07) is 12.3. The highest BCUT2D eigenvalue weighted by molar-refractivity contribution is 9.10. The van der Waals surface area contributed by atoms with Crippen LogP contribution < -0.4 is 14.5 Å². The molecular weight excluding hydrogens is 512 g/mol. The van der Waals surface area contributed by atoms with E-state index in [4.69, 9.17) is 4.74 Å². The van der Waals surface area contributed by atoms with Crippen molar-refractivity contribution in [1.82, 2.24) is 0 Å². The topological polar surface area (TPSA) is 84.0 Å². The first kappa shape index (κ1) is 22.2. The van der Waals surface area contributed by atoms with E-state index in [0.717, 1.165) is 16.6 Å². The maximum atomic E-state index is 13.1. The van der Waals surface area contributed by atoms with Crippen LogP contribution in [-0.4, -0.2) is 30.2 Å². The Morgan fingerprint density at radius 2 is 1.63 bits per heavy atom. The summed E-state index contributed by atoms with van der Waals surface area (Å²) < 4.78 is 6.51. The van der Waals surface area contributed by atoms with Gasteiger partial charge in [-0.05, 0) is 73.2 Å². The normalized spacial score (nSPS) is 28.9. The van der Waals surface area contributed by atoms with Crippen molar-refractivity contribution in [3.8, 4) is 5.75 Å². The summed E-state index contributed by atoms with van der Waals surface area (Å²) in [4.78, 5) is 54.5. The zero-order valence-electron chi connectivity index (χ0n) is 19.0. The van der Waals surface area contributed by atoms with Crippen molar-refractivity contribution in [3.63, 3.8) is 0 Å². The molecule has 35 heavy (non-hydrogen) atoms.